The molecule has 1 atom stereocenters. The van der Waals surface area contributed by atoms with Crippen LogP contribution in [0.4, 0.5) is 23.7 Å². The third-order valence-corrected chi connectivity index (χ3v) is 5.70. The molecule has 30 heavy (non-hydrogen) atoms. The smallest absolute Gasteiger partial charge is 0.415 e. The molecule has 1 amide bonds. The van der Waals surface area contributed by atoms with E-state index in [-0.39, 0.29) is 40.7 Å². The number of anilines is 1. The Kier molecular flexibility index (Phi) is 5.81. The van der Waals surface area contributed by atoms with Crippen LogP contribution in [0.2, 0.25) is 0 Å². The molecule has 3 nitrogen and oxygen atoms in total. The van der Waals surface area contributed by atoms with Crippen molar-refractivity contribution in [3.05, 3.63) is 99.3 Å². The average molecular weight is 476 g/mol. The predicted molar refractivity (Wildman–Crippen MR) is 111 cm³/mol. The first-order valence-corrected chi connectivity index (χ1v) is 10.2. The van der Waals surface area contributed by atoms with E-state index in [2.05, 4.69) is 15.9 Å². The van der Waals surface area contributed by atoms with Gasteiger partial charge in [-0.2, -0.15) is 0 Å². The minimum Gasteiger partial charge on any atom is -0.444 e. The third-order valence-electron chi connectivity index (χ3n) is 5.13. The van der Waals surface area contributed by atoms with Crippen LogP contribution in [-0.2, 0) is 17.8 Å². The van der Waals surface area contributed by atoms with Crippen molar-refractivity contribution in [2.45, 2.75) is 25.5 Å². The Morgan fingerprint density at radius 3 is 2.47 bits per heavy atom. The van der Waals surface area contributed by atoms with Crippen molar-refractivity contribution < 1.29 is 22.7 Å². The van der Waals surface area contributed by atoms with E-state index in [0.717, 1.165) is 16.5 Å². The number of halogens is 4. The van der Waals surface area contributed by atoms with Crippen molar-refractivity contribution in [1.29, 1.82) is 0 Å². The van der Waals surface area contributed by atoms with Crippen LogP contribution in [-0.4, -0.2) is 6.09 Å². The van der Waals surface area contributed by atoms with Gasteiger partial charge in [0.2, 0.25) is 0 Å². The number of hydrogen-bond acceptors (Lipinski definition) is 2. The lowest BCUT2D eigenvalue weighted by molar-refractivity contribution is 0.143. The summed E-state index contributed by atoms with van der Waals surface area (Å²) in [4.78, 5) is 14.1. The van der Waals surface area contributed by atoms with Crippen molar-refractivity contribution in [2.24, 2.45) is 0 Å². The van der Waals surface area contributed by atoms with Gasteiger partial charge in [-0.3, -0.25) is 4.90 Å². The summed E-state index contributed by atoms with van der Waals surface area (Å²) in [7, 11) is 0. The van der Waals surface area contributed by atoms with E-state index in [9.17, 15) is 18.0 Å². The predicted octanol–water partition coefficient (Wildman–Crippen LogP) is 6.70. The highest BCUT2D eigenvalue weighted by molar-refractivity contribution is 9.10. The molecule has 3 aromatic carbocycles. The SMILES string of the molecule is O=C(OCc1ccccc1)N1c2c(F)cc(Br)c(F)c2CCC1c1ccccc1F. The summed E-state index contributed by atoms with van der Waals surface area (Å²) in [6, 6.07) is 15.1. The maximum atomic E-state index is 14.9. The maximum absolute atomic E-state index is 14.9. The molecule has 0 aromatic heterocycles. The van der Waals surface area contributed by atoms with Crippen molar-refractivity contribution in [3.8, 4) is 0 Å². The van der Waals surface area contributed by atoms with E-state index in [1.807, 2.05) is 6.07 Å². The number of rotatable bonds is 3. The molecule has 4 rings (SSSR count). The van der Waals surface area contributed by atoms with E-state index in [1.165, 1.54) is 18.2 Å². The fourth-order valence-electron chi connectivity index (χ4n) is 3.74. The molecule has 1 heterocycles. The van der Waals surface area contributed by atoms with Crippen LogP contribution in [0.25, 0.3) is 0 Å². The summed E-state index contributed by atoms with van der Waals surface area (Å²) in [5, 5.41) is 0. The summed E-state index contributed by atoms with van der Waals surface area (Å²) in [6.45, 7) is -0.0455. The van der Waals surface area contributed by atoms with Gasteiger partial charge in [0.05, 0.1) is 16.2 Å². The number of amides is 1. The lowest BCUT2D eigenvalue weighted by Gasteiger charge is -2.37. The standard InChI is InChI=1S/C23H17BrF3NO2/c24-17-12-19(26)22-16(21(17)27)10-11-20(15-8-4-5-9-18(15)25)28(22)23(29)30-13-14-6-2-1-3-7-14/h1-9,12,20H,10-11,13H2. The fraction of sp³-hybridized carbons (Fsp3) is 0.174. The monoisotopic (exact) mass is 475 g/mol. The van der Waals surface area contributed by atoms with E-state index < -0.39 is 29.6 Å². The molecular formula is C23H17BrF3NO2. The van der Waals surface area contributed by atoms with E-state index in [4.69, 9.17) is 4.74 Å². The molecule has 154 valence electrons. The van der Waals surface area contributed by atoms with Gasteiger partial charge >= 0.3 is 6.09 Å². The van der Waals surface area contributed by atoms with Gasteiger partial charge in [0.25, 0.3) is 0 Å². The van der Waals surface area contributed by atoms with Gasteiger partial charge in [-0.1, -0.05) is 48.5 Å². The number of fused-ring (bicyclic) bond motifs is 1. The van der Waals surface area contributed by atoms with Crippen molar-refractivity contribution >= 4 is 27.7 Å². The zero-order chi connectivity index (χ0) is 21.3. The molecule has 0 aliphatic carbocycles. The normalized spacial score (nSPS) is 15.6. The van der Waals surface area contributed by atoms with Gasteiger partial charge in [0, 0.05) is 11.1 Å². The lowest BCUT2D eigenvalue weighted by atomic mass is 9.90. The minimum absolute atomic E-state index is 0.0271. The third kappa shape index (κ3) is 3.81. The average Bonchev–Trinajstić information content (AvgIpc) is 2.76. The second-order valence-electron chi connectivity index (χ2n) is 6.97. The van der Waals surface area contributed by atoms with Gasteiger partial charge in [-0.15, -0.1) is 0 Å². The highest BCUT2D eigenvalue weighted by Gasteiger charge is 2.38. The van der Waals surface area contributed by atoms with Crippen LogP contribution in [0.3, 0.4) is 0 Å². The second kappa shape index (κ2) is 8.52. The maximum Gasteiger partial charge on any atom is 0.415 e. The number of hydrogen-bond donors (Lipinski definition) is 0. The molecule has 1 aliphatic rings. The molecule has 0 saturated heterocycles. The van der Waals surface area contributed by atoms with Crippen LogP contribution >= 0.6 is 15.9 Å². The Labute approximate surface area is 180 Å². The molecule has 0 spiro atoms. The molecule has 1 aliphatic heterocycles. The first-order valence-electron chi connectivity index (χ1n) is 9.38. The Balaban J connectivity index is 1.76. The number of benzene rings is 3. The minimum atomic E-state index is -0.867. The number of carbonyl (C=O) groups excluding carboxylic acids is 1. The summed E-state index contributed by atoms with van der Waals surface area (Å²) in [6.07, 6.45) is -0.492. The first-order chi connectivity index (χ1) is 14.5. The summed E-state index contributed by atoms with van der Waals surface area (Å²) < 4.78 is 49.5. The Morgan fingerprint density at radius 2 is 1.73 bits per heavy atom. The Bertz CT molecular complexity index is 1090. The molecular weight excluding hydrogens is 459 g/mol. The molecule has 3 aromatic rings. The van der Waals surface area contributed by atoms with Crippen LogP contribution in [0.15, 0.2) is 65.1 Å². The quantitative estimate of drug-likeness (QED) is 0.394. The van der Waals surface area contributed by atoms with Gasteiger partial charge in [-0.25, -0.2) is 18.0 Å². The van der Waals surface area contributed by atoms with E-state index >= 15 is 0 Å². The summed E-state index contributed by atoms with van der Waals surface area (Å²) >= 11 is 3.01. The molecule has 0 fully saturated rings. The molecule has 1 unspecified atom stereocenters. The van der Waals surface area contributed by atoms with E-state index in [1.54, 1.807) is 30.3 Å². The topological polar surface area (TPSA) is 29.5 Å². The van der Waals surface area contributed by atoms with E-state index in [0.29, 0.717) is 0 Å². The zero-order valence-corrected chi connectivity index (χ0v) is 17.3. The number of ether oxygens (including phenoxy) is 1. The molecule has 0 N–H and O–H groups in total. The first kappa shape index (κ1) is 20.5. The van der Waals surface area contributed by atoms with Crippen LogP contribution in [0.1, 0.15) is 29.2 Å². The van der Waals surface area contributed by atoms with Crippen molar-refractivity contribution in [2.75, 3.05) is 4.90 Å². The highest BCUT2D eigenvalue weighted by atomic mass is 79.9. The molecule has 7 heteroatoms. The Morgan fingerprint density at radius 1 is 1.03 bits per heavy atom. The summed E-state index contributed by atoms with van der Waals surface area (Å²) in [5.41, 5.74) is 0.815. The van der Waals surface area contributed by atoms with Crippen molar-refractivity contribution in [1.82, 2.24) is 0 Å². The van der Waals surface area contributed by atoms with Crippen LogP contribution < -0.4 is 4.90 Å². The largest absolute Gasteiger partial charge is 0.444 e. The fourth-order valence-corrected chi connectivity index (χ4v) is 4.18. The van der Waals surface area contributed by atoms with Crippen LogP contribution in [0.5, 0.6) is 0 Å². The van der Waals surface area contributed by atoms with Gasteiger partial charge in [0.1, 0.15) is 24.1 Å². The number of carbonyl (C=O) groups is 1. The zero-order valence-electron chi connectivity index (χ0n) is 15.7. The second-order valence-corrected chi connectivity index (χ2v) is 7.82. The van der Waals surface area contributed by atoms with Gasteiger partial charge < -0.3 is 4.74 Å². The Hall–Kier alpha value is -2.80. The lowest BCUT2D eigenvalue weighted by Crippen LogP contribution is -2.40. The molecule has 0 radical (unpaired) electrons. The highest BCUT2D eigenvalue weighted by Crippen LogP contribution is 2.44. The van der Waals surface area contributed by atoms with Gasteiger partial charge in [-0.05, 0) is 46.5 Å². The number of nitrogens with zero attached hydrogens (tertiary/aromatic N) is 1. The molecule has 0 saturated carbocycles. The van der Waals surface area contributed by atoms with Crippen molar-refractivity contribution in [3.63, 3.8) is 0 Å². The summed E-state index contributed by atoms with van der Waals surface area (Å²) in [5.74, 6) is -1.94. The molecule has 0 bridgehead atoms. The van der Waals surface area contributed by atoms with Gasteiger partial charge in [0.15, 0.2) is 0 Å². The van der Waals surface area contributed by atoms with Crippen LogP contribution in [0, 0.1) is 17.5 Å².